The quantitative estimate of drug-likeness (QED) is 0.424. The van der Waals surface area contributed by atoms with Gasteiger partial charge in [-0.25, -0.2) is 0 Å². The average molecular weight is 470 g/mol. The third kappa shape index (κ3) is 5.20. The summed E-state index contributed by atoms with van der Waals surface area (Å²) in [7, 11) is 0. The van der Waals surface area contributed by atoms with E-state index < -0.39 is 0 Å². The Morgan fingerprint density at radius 3 is 2.46 bits per heavy atom. The van der Waals surface area contributed by atoms with Crippen LogP contribution >= 0.6 is 0 Å². The first-order valence-electron chi connectivity index (χ1n) is 12.2. The molecule has 0 saturated heterocycles. The van der Waals surface area contributed by atoms with Crippen LogP contribution in [0.3, 0.4) is 0 Å². The molecule has 2 aromatic heterocycles. The Hall–Kier alpha value is -3.71. The fourth-order valence-electron chi connectivity index (χ4n) is 4.62. The lowest BCUT2D eigenvalue weighted by atomic mass is 10.0. The maximum atomic E-state index is 12.7. The molecule has 5 rings (SSSR count). The molecule has 35 heavy (non-hydrogen) atoms. The summed E-state index contributed by atoms with van der Waals surface area (Å²) in [5.74, 6) is 1.80. The second-order valence-electron chi connectivity index (χ2n) is 9.42. The van der Waals surface area contributed by atoms with Gasteiger partial charge in [-0.3, -0.25) is 9.69 Å². The van der Waals surface area contributed by atoms with Gasteiger partial charge in [0.15, 0.2) is 5.82 Å². The van der Waals surface area contributed by atoms with E-state index in [4.69, 9.17) is 4.42 Å². The van der Waals surface area contributed by atoms with Crippen LogP contribution in [-0.4, -0.2) is 38.7 Å². The average Bonchev–Trinajstić information content (AvgIpc) is 3.51. The number of carbonyl (C=O) groups excluding carboxylic acids is 1. The van der Waals surface area contributed by atoms with Crippen molar-refractivity contribution >= 4 is 5.91 Å². The van der Waals surface area contributed by atoms with Crippen molar-refractivity contribution in [1.82, 2.24) is 25.0 Å². The fraction of sp³-hybridized carbons (Fsp3) is 0.321. The van der Waals surface area contributed by atoms with E-state index in [2.05, 4.69) is 87.4 Å². The maximum Gasteiger partial charge on any atom is 0.255 e. The van der Waals surface area contributed by atoms with Crippen molar-refractivity contribution < 1.29 is 9.21 Å². The number of carbonyl (C=O) groups is 1. The number of furan rings is 1. The zero-order valence-electron chi connectivity index (χ0n) is 20.2. The Bertz CT molecular complexity index is 1250. The molecule has 1 atom stereocenters. The van der Waals surface area contributed by atoms with Crippen molar-refractivity contribution in [3.8, 4) is 11.1 Å². The highest BCUT2D eigenvalue weighted by Crippen LogP contribution is 2.24. The first kappa shape index (κ1) is 23.1. The van der Waals surface area contributed by atoms with Crippen LogP contribution in [-0.2, 0) is 19.5 Å². The monoisotopic (exact) mass is 469 g/mol. The third-order valence-electron chi connectivity index (χ3n) is 6.63. The summed E-state index contributed by atoms with van der Waals surface area (Å²) in [6, 6.07) is 20.7. The van der Waals surface area contributed by atoms with Crippen molar-refractivity contribution in [1.29, 1.82) is 0 Å². The van der Waals surface area contributed by atoms with Gasteiger partial charge in [0.1, 0.15) is 12.1 Å². The van der Waals surface area contributed by atoms with Crippen LogP contribution in [0.25, 0.3) is 11.1 Å². The largest absolute Gasteiger partial charge is 0.472 e. The molecule has 2 aromatic carbocycles. The van der Waals surface area contributed by atoms with Crippen molar-refractivity contribution in [2.75, 3.05) is 13.1 Å². The van der Waals surface area contributed by atoms with E-state index in [1.165, 1.54) is 29.2 Å². The molecule has 1 aliphatic rings. The zero-order valence-corrected chi connectivity index (χ0v) is 20.2. The minimum Gasteiger partial charge on any atom is -0.472 e. The van der Waals surface area contributed by atoms with Gasteiger partial charge in [-0.05, 0) is 28.7 Å². The summed E-state index contributed by atoms with van der Waals surface area (Å²) in [6.45, 7) is 7.69. The van der Waals surface area contributed by atoms with Gasteiger partial charge in [0.25, 0.3) is 5.91 Å². The summed E-state index contributed by atoms with van der Waals surface area (Å²) in [4.78, 5) is 15.1. The van der Waals surface area contributed by atoms with Gasteiger partial charge in [0.2, 0.25) is 0 Å². The topological polar surface area (TPSA) is 76.2 Å². The number of fused-ring (bicyclic) bond motifs is 1. The molecule has 1 N–H and O–H groups in total. The summed E-state index contributed by atoms with van der Waals surface area (Å²) in [5, 5.41) is 12.1. The van der Waals surface area contributed by atoms with Crippen LogP contribution < -0.4 is 5.32 Å². The van der Waals surface area contributed by atoms with E-state index in [1.807, 2.05) is 6.07 Å². The molecule has 3 heterocycles. The predicted molar refractivity (Wildman–Crippen MR) is 135 cm³/mol. The molecule has 0 bridgehead atoms. The van der Waals surface area contributed by atoms with E-state index >= 15 is 0 Å². The second-order valence-corrected chi connectivity index (χ2v) is 9.42. The molecule has 0 aliphatic carbocycles. The lowest BCUT2D eigenvalue weighted by Crippen LogP contribution is -2.34. The van der Waals surface area contributed by atoms with Gasteiger partial charge in [-0.2, -0.15) is 0 Å². The fourth-order valence-corrected chi connectivity index (χ4v) is 4.62. The van der Waals surface area contributed by atoms with Crippen molar-refractivity contribution in [3.63, 3.8) is 0 Å². The number of nitrogens with zero attached hydrogens (tertiary/aromatic N) is 4. The molecule has 7 heteroatoms. The molecular weight excluding hydrogens is 438 g/mol. The highest BCUT2D eigenvalue weighted by molar-refractivity contribution is 5.94. The predicted octanol–water partition coefficient (Wildman–Crippen LogP) is 4.72. The Morgan fingerprint density at radius 1 is 0.971 bits per heavy atom. The van der Waals surface area contributed by atoms with Crippen LogP contribution in [0.1, 0.15) is 47.5 Å². The molecule has 1 unspecified atom stereocenters. The van der Waals surface area contributed by atoms with Crippen LogP contribution in [0.2, 0.25) is 0 Å². The van der Waals surface area contributed by atoms with Crippen LogP contribution in [0, 0.1) is 5.92 Å². The Balaban J connectivity index is 1.26. The first-order chi connectivity index (χ1) is 17.1. The third-order valence-corrected chi connectivity index (χ3v) is 6.63. The van der Waals surface area contributed by atoms with E-state index in [0.29, 0.717) is 5.56 Å². The number of nitrogens with one attached hydrogen (secondary N) is 1. The normalized spacial score (nSPS) is 14.9. The van der Waals surface area contributed by atoms with Gasteiger partial charge in [-0.1, -0.05) is 68.4 Å². The number of benzene rings is 2. The van der Waals surface area contributed by atoms with Gasteiger partial charge >= 0.3 is 0 Å². The molecule has 0 saturated carbocycles. The van der Waals surface area contributed by atoms with Gasteiger partial charge in [-0.15, -0.1) is 10.2 Å². The molecule has 180 valence electrons. The number of aromatic nitrogens is 3. The highest BCUT2D eigenvalue weighted by atomic mass is 16.3. The maximum absolute atomic E-state index is 12.7. The number of rotatable bonds is 7. The summed E-state index contributed by atoms with van der Waals surface area (Å²) < 4.78 is 7.26. The van der Waals surface area contributed by atoms with Crippen molar-refractivity contribution in [2.24, 2.45) is 5.92 Å². The van der Waals surface area contributed by atoms with Crippen LogP contribution in [0.5, 0.6) is 0 Å². The molecule has 0 fully saturated rings. The molecule has 4 aromatic rings. The van der Waals surface area contributed by atoms with Crippen LogP contribution in [0.4, 0.5) is 0 Å². The first-order valence-corrected chi connectivity index (χ1v) is 12.2. The molecule has 0 spiro atoms. The van der Waals surface area contributed by atoms with E-state index in [9.17, 15) is 4.79 Å². The van der Waals surface area contributed by atoms with E-state index in [0.717, 1.165) is 44.2 Å². The molecular formula is C28H31N5O2. The van der Waals surface area contributed by atoms with Gasteiger partial charge in [0.05, 0.1) is 17.9 Å². The van der Waals surface area contributed by atoms with E-state index in [1.54, 1.807) is 6.07 Å². The van der Waals surface area contributed by atoms with E-state index in [-0.39, 0.29) is 17.9 Å². The van der Waals surface area contributed by atoms with Crippen LogP contribution in [0.15, 0.2) is 77.6 Å². The van der Waals surface area contributed by atoms with Gasteiger partial charge in [0, 0.05) is 32.6 Å². The zero-order chi connectivity index (χ0) is 24.2. The molecule has 7 nitrogen and oxygen atoms in total. The second kappa shape index (κ2) is 10.3. The highest BCUT2D eigenvalue weighted by Gasteiger charge is 2.28. The summed E-state index contributed by atoms with van der Waals surface area (Å²) >= 11 is 0. The molecule has 1 aliphatic heterocycles. The Morgan fingerprint density at radius 2 is 1.74 bits per heavy atom. The summed E-state index contributed by atoms with van der Waals surface area (Å²) in [5.41, 5.74) is 4.28. The number of hydrogen-bond donors (Lipinski definition) is 1. The molecule has 1 amide bonds. The smallest absolute Gasteiger partial charge is 0.255 e. The summed E-state index contributed by atoms with van der Waals surface area (Å²) in [6.07, 6.45) is 3.79. The number of amides is 1. The van der Waals surface area contributed by atoms with Crippen molar-refractivity contribution in [3.05, 3.63) is 96.0 Å². The lowest BCUT2D eigenvalue weighted by molar-refractivity contribution is 0.0921. The lowest BCUT2D eigenvalue weighted by Gasteiger charge is -2.23. The van der Waals surface area contributed by atoms with Crippen molar-refractivity contribution in [2.45, 2.75) is 39.4 Å². The molecule has 0 radical (unpaired) electrons. The standard InChI is InChI=1S/C28H31N5O2/c1-20(2)26(29-28(34)24-13-17-35-19-24)27-31-30-25-12-14-32(15-16-33(25)27)18-21-8-10-23(11-9-21)22-6-4-3-5-7-22/h3-11,13,17,19-20,26H,12,14-16,18H2,1-2H3,(H,29,34). The number of hydrogen-bond acceptors (Lipinski definition) is 5. The SMILES string of the molecule is CC(C)C(NC(=O)c1ccoc1)c1nnc2n1CCN(Cc1ccc(-c3ccccc3)cc1)CC2. The van der Waals surface area contributed by atoms with Gasteiger partial charge < -0.3 is 14.3 Å². The Labute approximate surface area is 205 Å². The Kier molecular flexibility index (Phi) is 6.77. The minimum atomic E-state index is -0.226. The minimum absolute atomic E-state index is 0.163.